The van der Waals surface area contributed by atoms with E-state index in [1.54, 1.807) is 9.58 Å². The standard InChI is InChI=1S/C12H14N6O/c13-6-9-4-12(19)17(7-9)10-2-1-3-11(5-10)18-8-14-15-16-18/h1-3,5,8-9H,4,6-7,13H2. The van der Waals surface area contributed by atoms with Gasteiger partial charge in [-0.2, -0.15) is 0 Å². The van der Waals surface area contributed by atoms with Crippen LogP contribution in [0.15, 0.2) is 30.6 Å². The Bertz CT molecular complexity index is 582. The summed E-state index contributed by atoms with van der Waals surface area (Å²) in [5.74, 6) is 0.355. The highest BCUT2D eigenvalue weighted by atomic mass is 16.2. The van der Waals surface area contributed by atoms with Crippen molar-refractivity contribution < 1.29 is 4.79 Å². The number of tetrazole rings is 1. The first-order chi connectivity index (χ1) is 9.28. The van der Waals surface area contributed by atoms with Crippen molar-refractivity contribution in [3.05, 3.63) is 30.6 Å². The minimum atomic E-state index is 0.115. The van der Waals surface area contributed by atoms with E-state index >= 15 is 0 Å². The molecule has 1 aliphatic rings. The third-order valence-corrected chi connectivity index (χ3v) is 3.29. The Labute approximate surface area is 110 Å². The molecule has 1 aliphatic heterocycles. The quantitative estimate of drug-likeness (QED) is 0.835. The fraction of sp³-hybridized carbons (Fsp3) is 0.333. The molecule has 0 spiro atoms. The third kappa shape index (κ3) is 2.19. The lowest BCUT2D eigenvalue weighted by molar-refractivity contribution is -0.117. The highest BCUT2D eigenvalue weighted by Gasteiger charge is 2.29. The molecule has 0 bridgehead atoms. The molecule has 2 heterocycles. The Morgan fingerprint density at radius 3 is 2.89 bits per heavy atom. The monoisotopic (exact) mass is 258 g/mol. The molecule has 3 rings (SSSR count). The van der Waals surface area contributed by atoms with Crippen LogP contribution in [0.2, 0.25) is 0 Å². The second kappa shape index (κ2) is 4.77. The van der Waals surface area contributed by atoms with E-state index in [1.165, 1.54) is 6.33 Å². The highest BCUT2D eigenvalue weighted by Crippen LogP contribution is 2.25. The van der Waals surface area contributed by atoms with Gasteiger partial charge in [-0.15, -0.1) is 5.10 Å². The lowest BCUT2D eigenvalue weighted by Gasteiger charge is -2.17. The Hall–Kier alpha value is -2.28. The van der Waals surface area contributed by atoms with E-state index in [-0.39, 0.29) is 11.8 Å². The molecule has 1 aromatic heterocycles. The maximum absolute atomic E-state index is 12.0. The molecule has 1 aromatic carbocycles. The Kier molecular flexibility index (Phi) is 2.96. The average Bonchev–Trinajstić information content (AvgIpc) is 3.08. The van der Waals surface area contributed by atoms with Crippen LogP contribution in [0.1, 0.15) is 6.42 Å². The zero-order chi connectivity index (χ0) is 13.2. The second-order valence-corrected chi connectivity index (χ2v) is 4.58. The molecule has 7 nitrogen and oxygen atoms in total. The first-order valence-electron chi connectivity index (χ1n) is 6.12. The van der Waals surface area contributed by atoms with Gasteiger partial charge in [-0.3, -0.25) is 4.79 Å². The van der Waals surface area contributed by atoms with Crippen molar-refractivity contribution in [1.29, 1.82) is 0 Å². The van der Waals surface area contributed by atoms with Gasteiger partial charge in [0.2, 0.25) is 5.91 Å². The van der Waals surface area contributed by atoms with Gasteiger partial charge in [0.1, 0.15) is 6.33 Å². The second-order valence-electron chi connectivity index (χ2n) is 4.58. The minimum absolute atomic E-state index is 0.115. The highest BCUT2D eigenvalue weighted by molar-refractivity contribution is 5.96. The number of carbonyl (C=O) groups is 1. The fourth-order valence-corrected chi connectivity index (χ4v) is 2.27. The van der Waals surface area contributed by atoms with Crippen LogP contribution in [0.4, 0.5) is 5.69 Å². The number of benzene rings is 1. The molecule has 0 saturated carbocycles. The smallest absolute Gasteiger partial charge is 0.227 e. The van der Waals surface area contributed by atoms with Gasteiger partial charge >= 0.3 is 0 Å². The first kappa shape index (κ1) is 11.8. The summed E-state index contributed by atoms with van der Waals surface area (Å²) in [6, 6.07) is 7.58. The molecule has 2 N–H and O–H groups in total. The number of nitrogens with zero attached hydrogens (tertiary/aromatic N) is 5. The topological polar surface area (TPSA) is 89.9 Å². The lowest BCUT2D eigenvalue weighted by atomic mass is 10.1. The van der Waals surface area contributed by atoms with Crippen LogP contribution in [0.25, 0.3) is 5.69 Å². The zero-order valence-electron chi connectivity index (χ0n) is 10.3. The van der Waals surface area contributed by atoms with E-state index in [9.17, 15) is 4.79 Å². The number of carbonyl (C=O) groups excluding carboxylic acids is 1. The number of aromatic nitrogens is 4. The van der Waals surface area contributed by atoms with Crippen LogP contribution in [-0.4, -0.2) is 39.2 Å². The maximum atomic E-state index is 12.0. The van der Waals surface area contributed by atoms with Crippen molar-refractivity contribution in [2.45, 2.75) is 6.42 Å². The Balaban J connectivity index is 1.90. The van der Waals surface area contributed by atoms with Gasteiger partial charge in [-0.05, 0) is 41.1 Å². The molecular formula is C12H14N6O. The van der Waals surface area contributed by atoms with Crippen LogP contribution >= 0.6 is 0 Å². The Morgan fingerprint density at radius 1 is 1.37 bits per heavy atom. The summed E-state index contributed by atoms with van der Waals surface area (Å²) >= 11 is 0. The van der Waals surface area contributed by atoms with E-state index in [0.717, 1.165) is 11.4 Å². The van der Waals surface area contributed by atoms with Crippen LogP contribution < -0.4 is 10.6 Å². The molecule has 1 saturated heterocycles. The van der Waals surface area contributed by atoms with Gasteiger partial charge in [0.05, 0.1) is 5.69 Å². The summed E-state index contributed by atoms with van der Waals surface area (Å²) in [4.78, 5) is 13.7. The largest absolute Gasteiger partial charge is 0.330 e. The van der Waals surface area contributed by atoms with E-state index in [0.29, 0.717) is 19.5 Å². The molecule has 0 aliphatic carbocycles. The first-order valence-corrected chi connectivity index (χ1v) is 6.12. The predicted octanol–water partition coefficient (Wildman–Crippen LogP) is -0.0261. The number of anilines is 1. The van der Waals surface area contributed by atoms with Crippen molar-refractivity contribution in [2.24, 2.45) is 11.7 Å². The van der Waals surface area contributed by atoms with Gasteiger partial charge < -0.3 is 10.6 Å². The number of amides is 1. The van der Waals surface area contributed by atoms with Crippen molar-refractivity contribution in [1.82, 2.24) is 20.2 Å². The van der Waals surface area contributed by atoms with E-state index < -0.39 is 0 Å². The molecular weight excluding hydrogens is 244 g/mol. The molecule has 98 valence electrons. The molecule has 0 radical (unpaired) electrons. The van der Waals surface area contributed by atoms with Crippen LogP contribution in [0.3, 0.4) is 0 Å². The Morgan fingerprint density at radius 2 is 2.21 bits per heavy atom. The summed E-state index contributed by atoms with van der Waals surface area (Å²) in [6.07, 6.45) is 2.04. The summed E-state index contributed by atoms with van der Waals surface area (Å²) in [7, 11) is 0. The number of nitrogens with two attached hydrogens (primary N) is 1. The van der Waals surface area contributed by atoms with Crippen molar-refractivity contribution in [3.8, 4) is 5.69 Å². The summed E-state index contributed by atoms with van der Waals surface area (Å²) in [5, 5.41) is 11.0. The zero-order valence-corrected chi connectivity index (χ0v) is 10.3. The molecule has 1 amide bonds. The summed E-state index contributed by atoms with van der Waals surface area (Å²) in [6.45, 7) is 1.21. The normalized spacial score (nSPS) is 19.1. The van der Waals surface area contributed by atoms with E-state index in [2.05, 4.69) is 15.5 Å². The summed E-state index contributed by atoms with van der Waals surface area (Å²) < 4.78 is 1.56. The number of rotatable bonds is 3. The van der Waals surface area contributed by atoms with Crippen LogP contribution in [-0.2, 0) is 4.79 Å². The van der Waals surface area contributed by atoms with Gasteiger partial charge in [-0.25, -0.2) is 4.68 Å². The fourth-order valence-electron chi connectivity index (χ4n) is 2.27. The van der Waals surface area contributed by atoms with Gasteiger partial charge in [0, 0.05) is 18.7 Å². The lowest BCUT2D eigenvalue weighted by Crippen LogP contribution is -2.25. The van der Waals surface area contributed by atoms with Crippen molar-refractivity contribution >= 4 is 11.6 Å². The molecule has 19 heavy (non-hydrogen) atoms. The predicted molar refractivity (Wildman–Crippen MR) is 68.7 cm³/mol. The number of hydrogen-bond donors (Lipinski definition) is 1. The maximum Gasteiger partial charge on any atom is 0.227 e. The number of hydrogen-bond acceptors (Lipinski definition) is 5. The SMILES string of the molecule is NCC1CC(=O)N(c2cccc(-n3cnnn3)c2)C1. The van der Waals surface area contributed by atoms with Gasteiger partial charge in [0.15, 0.2) is 0 Å². The third-order valence-electron chi connectivity index (χ3n) is 3.29. The summed E-state index contributed by atoms with van der Waals surface area (Å²) in [5.41, 5.74) is 7.31. The average molecular weight is 258 g/mol. The molecule has 1 unspecified atom stereocenters. The molecule has 2 aromatic rings. The van der Waals surface area contributed by atoms with Gasteiger partial charge in [-0.1, -0.05) is 6.07 Å². The van der Waals surface area contributed by atoms with E-state index in [1.807, 2.05) is 24.3 Å². The minimum Gasteiger partial charge on any atom is -0.330 e. The molecule has 1 fully saturated rings. The van der Waals surface area contributed by atoms with Crippen LogP contribution in [0.5, 0.6) is 0 Å². The van der Waals surface area contributed by atoms with E-state index in [4.69, 9.17) is 5.73 Å². The van der Waals surface area contributed by atoms with Crippen molar-refractivity contribution in [3.63, 3.8) is 0 Å². The molecule has 1 atom stereocenters. The van der Waals surface area contributed by atoms with Crippen LogP contribution in [0, 0.1) is 5.92 Å². The van der Waals surface area contributed by atoms with Crippen molar-refractivity contribution in [2.75, 3.05) is 18.0 Å². The molecule has 7 heteroatoms. The van der Waals surface area contributed by atoms with Gasteiger partial charge in [0.25, 0.3) is 0 Å².